The van der Waals surface area contributed by atoms with Crippen molar-refractivity contribution in [2.24, 2.45) is 5.73 Å². The molecule has 1 fully saturated rings. The van der Waals surface area contributed by atoms with Gasteiger partial charge in [0.25, 0.3) is 0 Å². The third kappa shape index (κ3) is 4.77. The number of hydrogen-bond donors (Lipinski definition) is 2. The average Bonchev–Trinajstić information content (AvgIpc) is 3.28. The SMILES string of the molecule is CN(C(N)=O)c1ccc2[nH]cc(CCCCN3CCN(c4ccc5c(c4)OCCO5)CC3)c2c1. The maximum absolute atomic E-state index is 11.5. The smallest absolute Gasteiger partial charge is 0.318 e. The molecule has 5 rings (SSSR count). The molecule has 1 saturated heterocycles. The minimum absolute atomic E-state index is 0.453. The number of benzene rings is 2. The van der Waals surface area contributed by atoms with Crippen LogP contribution in [-0.4, -0.2) is 68.9 Å². The Bertz CT molecular complexity index is 1150. The van der Waals surface area contributed by atoms with Crippen LogP contribution in [0.1, 0.15) is 18.4 Å². The molecule has 3 heterocycles. The summed E-state index contributed by atoms with van der Waals surface area (Å²) in [6.45, 7) is 6.56. The summed E-state index contributed by atoms with van der Waals surface area (Å²) in [4.78, 5) is 21.3. The molecular weight excluding hydrogens is 430 g/mol. The summed E-state index contributed by atoms with van der Waals surface area (Å²) in [7, 11) is 1.70. The van der Waals surface area contributed by atoms with Gasteiger partial charge in [0, 0.05) is 67.8 Å². The van der Waals surface area contributed by atoms with Crippen LogP contribution in [0.15, 0.2) is 42.6 Å². The van der Waals surface area contributed by atoms with Gasteiger partial charge in [-0.1, -0.05) is 0 Å². The molecule has 0 bridgehead atoms. The zero-order chi connectivity index (χ0) is 23.5. The minimum Gasteiger partial charge on any atom is -0.486 e. The predicted octanol–water partition coefficient (Wildman–Crippen LogP) is 3.60. The first-order valence-corrected chi connectivity index (χ1v) is 12.1. The Balaban J connectivity index is 1.09. The molecule has 2 amide bonds. The summed E-state index contributed by atoms with van der Waals surface area (Å²) in [5.41, 5.74) is 9.83. The van der Waals surface area contributed by atoms with Crippen LogP contribution in [0.25, 0.3) is 10.9 Å². The van der Waals surface area contributed by atoms with Crippen LogP contribution >= 0.6 is 0 Å². The van der Waals surface area contributed by atoms with E-state index >= 15 is 0 Å². The predicted molar refractivity (Wildman–Crippen MR) is 135 cm³/mol. The molecule has 2 aliphatic rings. The molecule has 2 aliphatic heterocycles. The van der Waals surface area contributed by atoms with Gasteiger partial charge in [-0.2, -0.15) is 0 Å². The zero-order valence-electron chi connectivity index (χ0n) is 19.8. The van der Waals surface area contributed by atoms with Gasteiger partial charge in [-0.05, 0) is 61.7 Å². The van der Waals surface area contributed by atoms with Gasteiger partial charge >= 0.3 is 6.03 Å². The number of primary amides is 1. The summed E-state index contributed by atoms with van der Waals surface area (Å²) < 4.78 is 11.4. The highest BCUT2D eigenvalue weighted by Crippen LogP contribution is 2.34. The number of aryl methyl sites for hydroxylation is 1. The van der Waals surface area contributed by atoms with E-state index in [0.29, 0.717) is 13.2 Å². The second-order valence-corrected chi connectivity index (χ2v) is 9.05. The van der Waals surface area contributed by atoms with Crippen LogP contribution in [0.2, 0.25) is 0 Å². The van der Waals surface area contributed by atoms with E-state index < -0.39 is 6.03 Å². The van der Waals surface area contributed by atoms with Crippen LogP contribution in [0.4, 0.5) is 16.2 Å². The number of urea groups is 1. The van der Waals surface area contributed by atoms with Gasteiger partial charge in [-0.15, -0.1) is 0 Å². The van der Waals surface area contributed by atoms with E-state index in [9.17, 15) is 4.79 Å². The van der Waals surface area contributed by atoms with E-state index in [4.69, 9.17) is 15.2 Å². The van der Waals surface area contributed by atoms with E-state index in [-0.39, 0.29) is 0 Å². The summed E-state index contributed by atoms with van der Waals surface area (Å²) in [5, 5.41) is 1.17. The number of carbonyl (C=O) groups is 1. The lowest BCUT2D eigenvalue weighted by molar-refractivity contribution is 0.171. The van der Waals surface area contributed by atoms with Crippen LogP contribution in [0.3, 0.4) is 0 Å². The van der Waals surface area contributed by atoms with E-state index in [0.717, 1.165) is 74.7 Å². The number of piperazine rings is 1. The Morgan fingerprint density at radius 2 is 1.82 bits per heavy atom. The number of unbranched alkanes of at least 4 members (excludes halogenated alkanes) is 1. The van der Waals surface area contributed by atoms with Gasteiger partial charge in [-0.25, -0.2) is 4.79 Å². The van der Waals surface area contributed by atoms with Crippen LogP contribution in [-0.2, 0) is 6.42 Å². The molecule has 3 aromatic rings. The number of hydrogen-bond acceptors (Lipinski definition) is 5. The Labute approximate surface area is 200 Å². The number of aromatic nitrogens is 1. The molecule has 1 aromatic heterocycles. The topological polar surface area (TPSA) is 87.1 Å². The number of carbonyl (C=O) groups excluding carboxylic acids is 1. The first-order chi connectivity index (χ1) is 16.6. The Kier molecular flexibility index (Phi) is 6.49. The third-order valence-corrected chi connectivity index (χ3v) is 6.90. The minimum atomic E-state index is -0.453. The monoisotopic (exact) mass is 463 g/mol. The van der Waals surface area contributed by atoms with E-state index in [1.807, 2.05) is 24.3 Å². The molecule has 0 unspecified atom stereocenters. The number of nitrogens with two attached hydrogens (primary N) is 1. The summed E-state index contributed by atoms with van der Waals surface area (Å²) in [6, 6.07) is 11.8. The van der Waals surface area contributed by atoms with Crippen molar-refractivity contribution >= 4 is 28.3 Å². The lowest BCUT2D eigenvalue weighted by Crippen LogP contribution is -2.46. The number of nitrogens with one attached hydrogen (secondary N) is 1. The number of nitrogens with zero attached hydrogens (tertiary/aromatic N) is 3. The Hall–Kier alpha value is -3.39. The highest BCUT2D eigenvalue weighted by Gasteiger charge is 2.19. The van der Waals surface area contributed by atoms with Crippen molar-refractivity contribution in [3.8, 4) is 11.5 Å². The molecule has 0 atom stereocenters. The molecular formula is C26H33N5O3. The Morgan fingerprint density at radius 3 is 2.62 bits per heavy atom. The molecule has 0 aliphatic carbocycles. The standard InChI is InChI=1S/C26H33N5O3/c1-29(26(27)32)20-5-7-23-22(16-20)19(18-28-23)4-2-3-9-30-10-12-31(13-11-30)21-6-8-24-25(17-21)34-15-14-33-24/h5-8,16-18,28H,2-4,9-15H2,1H3,(H2,27,32). The van der Waals surface area contributed by atoms with Gasteiger partial charge in [0.15, 0.2) is 11.5 Å². The summed E-state index contributed by atoms with van der Waals surface area (Å²) in [6.07, 6.45) is 5.40. The number of H-pyrrole nitrogens is 1. The fourth-order valence-electron chi connectivity index (χ4n) is 4.82. The first kappa shape index (κ1) is 22.4. The van der Waals surface area contributed by atoms with Crippen molar-refractivity contribution in [3.63, 3.8) is 0 Å². The van der Waals surface area contributed by atoms with Crippen molar-refractivity contribution in [2.45, 2.75) is 19.3 Å². The van der Waals surface area contributed by atoms with E-state index in [2.05, 4.69) is 33.1 Å². The molecule has 8 heteroatoms. The number of amides is 2. The Morgan fingerprint density at radius 1 is 1.03 bits per heavy atom. The van der Waals surface area contributed by atoms with E-state index in [1.54, 1.807) is 7.05 Å². The lowest BCUT2D eigenvalue weighted by Gasteiger charge is -2.36. The van der Waals surface area contributed by atoms with Gasteiger partial charge in [0.1, 0.15) is 13.2 Å². The fourth-order valence-corrected chi connectivity index (χ4v) is 4.82. The molecule has 2 aromatic carbocycles. The van der Waals surface area contributed by atoms with Gasteiger partial charge < -0.3 is 25.1 Å². The molecule has 3 N–H and O–H groups in total. The molecule has 34 heavy (non-hydrogen) atoms. The molecule has 0 saturated carbocycles. The molecule has 8 nitrogen and oxygen atoms in total. The zero-order valence-corrected chi connectivity index (χ0v) is 19.8. The normalized spacial score (nSPS) is 16.1. The lowest BCUT2D eigenvalue weighted by atomic mass is 10.1. The van der Waals surface area contributed by atoms with Crippen molar-refractivity contribution in [1.29, 1.82) is 0 Å². The van der Waals surface area contributed by atoms with Gasteiger partial charge in [0.05, 0.1) is 0 Å². The second kappa shape index (κ2) is 9.85. The van der Waals surface area contributed by atoms with Gasteiger partial charge in [0.2, 0.25) is 0 Å². The average molecular weight is 464 g/mol. The molecule has 0 spiro atoms. The maximum atomic E-state index is 11.5. The van der Waals surface area contributed by atoms with Crippen molar-refractivity contribution in [1.82, 2.24) is 9.88 Å². The number of rotatable bonds is 7. The van der Waals surface area contributed by atoms with Gasteiger partial charge in [-0.3, -0.25) is 9.80 Å². The van der Waals surface area contributed by atoms with E-state index in [1.165, 1.54) is 21.5 Å². The van der Waals surface area contributed by atoms with Crippen molar-refractivity contribution < 1.29 is 14.3 Å². The van der Waals surface area contributed by atoms with Crippen molar-refractivity contribution in [2.75, 3.05) is 62.8 Å². The summed E-state index contributed by atoms with van der Waals surface area (Å²) in [5.74, 6) is 1.71. The summed E-state index contributed by atoms with van der Waals surface area (Å²) >= 11 is 0. The number of ether oxygens (including phenoxy) is 2. The van der Waals surface area contributed by atoms with Crippen LogP contribution < -0.4 is 25.0 Å². The highest BCUT2D eigenvalue weighted by atomic mass is 16.6. The van der Waals surface area contributed by atoms with Crippen LogP contribution in [0, 0.1) is 0 Å². The van der Waals surface area contributed by atoms with Crippen molar-refractivity contribution in [3.05, 3.63) is 48.2 Å². The third-order valence-electron chi connectivity index (χ3n) is 6.90. The largest absolute Gasteiger partial charge is 0.486 e. The number of anilines is 2. The maximum Gasteiger partial charge on any atom is 0.318 e. The molecule has 0 radical (unpaired) electrons. The fraction of sp³-hybridized carbons (Fsp3) is 0.423. The highest BCUT2D eigenvalue weighted by molar-refractivity contribution is 5.94. The molecule has 180 valence electrons. The quantitative estimate of drug-likeness (QED) is 0.523. The number of fused-ring (bicyclic) bond motifs is 2. The second-order valence-electron chi connectivity index (χ2n) is 9.05. The number of aromatic amines is 1. The first-order valence-electron chi connectivity index (χ1n) is 12.1. The van der Waals surface area contributed by atoms with Crippen LogP contribution in [0.5, 0.6) is 11.5 Å².